The van der Waals surface area contributed by atoms with E-state index in [9.17, 15) is 4.79 Å². The molecule has 0 spiro atoms. The highest BCUT2D eigenvalue weighted by atomic mass is 16.1. The Morgan fingerprint density at radius 2 is 2.39 bits per heavy atom. The van der Waals surface area contributed by atoms with E-state index in [1.54, 1.807) is 12.3 Å². The molecule has 0 radical (unpaired) electrons. The number of likely N-dealkylation sites (tertiary alicyclic amines) is 1. The number of pyridine rings is 1. The van der Waals surface area contributed by atoms with Crippen molar-refractivity contribution in [2.45, 2.75) is 25.8 Å². The second-order valence-electron chi connectivity index (χ2n) is 4.99. The number of piperidine rings is 1. The first-order valence-electron chi connectivity index (χ1n) is 6.28. The van der Waals surface area contributed by atoms with E-state index < -0.39 is 0 Å². The third-order valence-corrected chi connectivity index (χ3v) is 3.28. The second-order valence-corrected chi connectivity index (χ2v) is 4.99. The number of hydrogen-bond donors (Lipinski definition) is 2. The number of nitrogens with two attached hydrogens (primary N) is 1. The van der Waals surface area contributed by atoms with Crippen LogP contribution < -0.4 is 11.1 Å². The molecule has 98 valence electrons. The second kappa shape index (κ2) is 5.35. The van der Waals surface area contributed by atoms with Crippen LogP contribution in [0.1, 0.15) is 28.9 Å². The summed E-state index contributed by atoms with van der Waals surface area (Å²) in [5, 5.41) is 3.03. The minimum Gasteiger partial charge on any atom is -0.398 e. The van der Waals surface area contributed by atoms with Crippen molar-refractivity contribution in [1.82, 2.24) is 15.2 Å². The molecule has 1 aliphatic heterocycles. The fourth-order valence-electron chi connectivity index (χ4n) is 2.32. The summed E-state index contributed by atoms with van der Waals surface area (Å²) in [5.41, 5.74) is 7.62. The standard InChI is InChI=1S/C13H20N4O/c1-9-6-12(14)11(7-15-9)13(18)16-10-4-3-5-17(2)8-10/h6-7,10H,3-5,8H2,1-2H3,(H2,14,15)(H,16,18). The molecule has 3 N–H and O–H groups in total. The Hall–Kier alpha value is -1.62. The molecular weight excluding hydrogens is 228 g/mol. The zero-order chi connectivity index (χ0) is 13.1. The van der Waals surface area contributed by atoms with Crippen molar-refractivity contribution in [3.05, 3.63) is 23.5 Å². The van der Waals surface area contributed by atoms with Gasteiger partial charge in [0.05, 0.1) is 5.56 Å². The maximum Gasteiger partial charge on any atom is 0.255 e. The van der Waals surface area contributed by atoms with Crippen molar-refractivity contribution in [1.29, 1.82) is 0 Å². The highest BCUT2D eigenvalue weighted by molar-refractivity contribution is 5.99. The van der Waals surface area contributed by atoms with Crippen LogP contribution in [0.4, 0.5) is 5.69 Å². The smallest absolute Gasteiger partial charge is 0.255 e. The molecule has 0 aliphatic carbocycles. The number of aromatic nitrogens is 1. The van der Waals surface area contributed by atoms with Crippen molar-refractivity contribution in [2.24, 2.45) is 0 Å². The highest BCUT2D eigenvalue weighted by Crippen LogP contribution is 2.13. The minimum atomic E-state index is -0.125. The third-order valence-electron chi connectivity index (χ3n) is 3.28. The zero-order valence-corrected chi connectivity index (χ0v) is 10.9. The van der Waals surface area contributed by atoms with E-state index in [4.69, 9.17) is 5.73 Å². The molecule has 1 aromatic rings. The van der Waals surface area contributed by atoms with Crippen LogP contribution >= 0.6 is 0 Å². The minimum absolute atomic E-state index is 0.125. The summed E-state index contributed by atoms with van der Waals surface area (Å²) in [6.07, 6.45) is 3.69. The molecule has 1 fully saturated rings. The van der Waals surface area contributed by atoms with Gasteiger partial charge in [-0.1, -0.05) is 0 Å². The first-order chi connectivity index (χ1) is 8.56. The lowest BCUT2D eigenvalue weighted by Crippen LogP contribution is -2.46. The van der Waals surface area contributed by atoms with E-state index in [2.05, 4.69) is 22.2 Å². The number of hydrogen-bond acceptors (Lipinski definition) is 4. The quantitative estimate of drug-likeness (QED) is 0.812. The molecule has 18 heavy (non-hydrogen) atoms. The molecular formula is C13H20N4O. The van der Waals surface area contributed by atoms with Crippen molar-refractivity contribution in [3.8, 4) is 0 Å². The molecule has 1 saturated heterocycles. The Labute approximate surface area is 107 Å². The fraction of sp³-hybridized carbons (Fsp3) is 0.538. The molecule has 0 aromatic carbocycles. The number of aryl methyl sites for hydroxylation is 1. The molecule has 1 unspecified atom stereocenters. The summed E-state index contributed by atoms with van der Waals surface area (Å²) >= 11 is 0. The maximum absolute atomic E-state index is 12.1. The van der Waals surface area contributed by atoms with Crippen molar-refractivity contribution in [2.75, 3.05) is 25.9 Å². The summed E-state index contributed by atoms with van der Waals surface area (Å²) < 4.78 is 0. The van der Waals surface area contributed by atoms with Gasteiger partial charge in [0.15, 0.2) is 0 Å². The van der Waals surface area contributed by atoms with Gasteiger partial charge in [-0.25, -0.2) is 0 Å². The largest absolute Gasteiger partial charge is 0.398 e. The van der Waals surface area contributed by atoms with Gasteiger partial charge in [0.2, 0.25) is 0 Å². The van der Waals surface area contributed by atoms with E-state index >= 15 is 0 Å². The third kappa shape index (κ3) is 2.98. The van der Waals surface area contributed by atoms with Crippen LogP contribution in [-0.4, -0.2) is 42.0 Å². The number of nitrogens with one attached hydrogen (secondary N) is 1. The summed E-state index contributed by atoms with van der Waals surface area (Å²) in [7, 11) is 2.07. The van der Waals surface area contributed by atoms with Gasteiger partial charge in [-0.2, -0.15) is 0 Å². The van der Waals surface area contributed by atoms with Gasteiger partial charge in [-0.3, -0.25) is 9.78 Å². The molecule has 5 heteroatoms. The van der Waals surface area contributed by atoms with E-state index in [1.807, 2.05) is 6.92 Å². The summed E-state index contributed by atoms with van der Waals surface area (Å²) in [5.74, 6) is -0.125. The van der Waals surface area contributed by atoms with Gasteiger partial charge in [-0.05, 0) is 39.4 Å². The normalized spacial score (nSPS) is 20.7. The number of carbonyl (C=O) groups excluding carboxylic acids is 1. The van der Waals surface area contributed by atoms with Gasteiger partial charge >= 0.3 is 0 Å². The van der Waals surface area contributed by atoms with Crippen LogP contribution in [0.3, 0.4) is 0 Å². The Morgan fingerprint density at radius 1 is 1.61 bits per heavy atom. The predicted octanol–water partition coefficient (Wildman–Crippen LogP) is 0.796. The van der Waals surface area contributed by atoms with Crippen LogP contribution in [0.25, 0.3) is 0 Å². The lowest BCUT2D eigenvalue weighted by Gasteiger charge is -2.30. The zero-order valence-electron chi connectivity index (χ0n) is 10.9. The molecule has 1 aromatic heterocycles. The van der Waals surface area contributed by atoms with Crippen LogP contribution in [0.15, 0.2) is 12.3 Å². The molecule has 2 rings (SSSR count). The monoisotopic (exact) mass is 248 g/mol. The van der Waals surface area contributed by atoms with E-state index in [1.165, 1.54) is 0 Å². The maximum atomic E-state index is 12.1. The first-order valence-corrected chi connectivity index (χ1v) is 6.28. The Bertz CT molecular complexity index is 447. The fourth-order valence-corrected chi connectivity index (χ4v) is 2.32. The molecule has 0 saturated carbocycles. The molecule has 1 aliphatic rings. The van der Waals surface area contributed by atoms with E-state index in [0.717, 1.165) is 31.6 Å². The van der Waals surface area contributed by atoms with Gasteiger partial charge in [0.25, 0.3) is 5.91 Å². The Balaban J connectivity index is 2.03. The highest BCUT2D eigenvalue weighted by Gasteiger charge is 2.20. The number of nitrogens with zero attached hydrogens (tertiary/aromatic N) is 2. The van der Waals surface area contributed by atoms with Gasteiger partial charge in [0, 0.05) is 30.2 Å². The molecule has 1 atom stereocenters. The molecule has 2 heterocycles. The number of carbonyl (C=O) groups is 1. The first kappa shape index (κ1) is 12.8. The van der Waals surface area contributed by atoms with E-state index in [-0.39, 0.29) is 11.9 Å². The van der Waals surface area contributed by atoms with Crippen molar-refractivity contribution >= 4 is 11.6 Å². The van der Waals surface area contributed by atoms with Crippen LogP contribution in [0.2, 0.25) is 0 Å². The number of rotatable bonds is 2. The van der Waals surface area contributed by atoms with Crippen molar-refractivity contribution < 1.29 is 4.79 Å². The van der Waals surface area contributed by atoms with Gasteiger partial charge < -0.3 is 16.0 Å². The van der Waals surface area contributed by atoms with Crippen LogP contribution in [0.5, 0.6) is 0 Å². The predicted molar refractivity (Wildman–Crippen MR) is 71.4 cm³/mol. The number of anilines is 1. The molecule has 5 nitrogen and oxygen atoms in total. The van der Waals surface area contributed by atoms with Crippen LogP contribution in [0, 0.1) is 6.92 Å². The van der Waals surface area contributed by atoms with Gasteiger partial charge in [-0.15, -0.1) is 0 Å². The summed E-state index contributed by atoms with van der Waals surface area (Å²) in [6, 6.07) is 1.93. The molecule has 1 amide bonds. The van der Waals surface area contributed by atoms with Crippen molar-refractivity contribution in [3.63, 3.8) is 0 Å². The average Bonchev–Trinajstić information content (AvgIpc) is 2.28. The van der Waals surface area contributed by atoms with Gasteiger partial charge in [0.1, 0.15) is 0 Å². The van der Waals surface area contributed by atoms with Crippen LogP contribution in [-0.2, 0) is 0 Å². The Kier molecular flexibility index (Phi) is 3.81. The number of nitrogen functional groups attached to an aromatic ring is 1. The SMILES string of the molecule is Cc1cc(N)c(C(=O)NC2CCCN(C)C2)cn1. The Morgan fingerprint density at radius 3 is 3.06 bits per heavy atom. The average molecular weight is 248 g/mol. The summed E-state index contributed by atoms with van der Waals surface area (Å²) in [4.78, 5) is 18.4. The number of likely N-dealkylation sites (N-methyl/N-ethyl adjacent to an activating group) is 1. The molecule has 0 bridgehead atoms. The lowest BCUT2D eigenvalue weighted by atomic mass is 10.1. The lowest BCUT2D eigenvalue weighted by molar-refractivity contribution is 0.0913. The van der Waals surface area contributed by atoms with E-state index in [0.29, 0.717) is 11.3 Å². The number of amides is 1. The summed E-state index contributed by atoms with van der Waals surface area (Å²) in [6.45, 7) is 3.85. The topological polar surface area (TPSA) is 71.2 Å².